The molecular formula is C15H15KO2. The SMILES string of the molecule is CC(C(=O)O)(c1ccccc1)c1ccccc1.[H-].[K+]. The molecule has 0 fully saturated rings. The molecule has 2 aromatic rings. The Morgan fingerprint density at radius 1 is 0.944 bits per heavy atom. The summed E-state index contributed by atoms with van der Waals surface area (Å²) in [5.74, 6) is -0.838. The molecule has 2 nitrogen and oxygen atoms in total. The van der Waals surface area contributed by atoms with Gasteiger partial charge in [0.25, 0.3) is 0 Å². The quantitative estimate of drug-likeness (QED) is 0.806. The van der Waals surface area contributed by atoms with Crippen LogP contribution < -0.4 is 51.4 Å². The van der Waals surface area contributed by atoms with E-state index in [9.17, 15) is 9.90 Å². The van der Waals surface area contributed by atoms with Crippen LogP contribution in [0.5, 0.6) is 0 Å². The number of carboxylic acids is 1. The van der Waals surface area contributed by atoms with Crippen molar-refractivity contribution in [3.63, 3.8) is 0 Å². The number of benzene rings is 2. The van der Waals surface area contributed by atoms with E-state index in [4.69, 9.17) is 0 Å². The van der Waals surface area contributed by atoms with Gasteiger partial charge in [-0.1, -0.05) is 60.7 Å². The standard InChI is InChI=1S/C15H14O2.K.H/c1-15(14(16)17,12-8-4-2-5-9-12)13-10-6-3-7-11-13;;/h2-11H,1H3,(H,16,17);;/q;+1;-1. The molecule has 0 saturated carbocycles. The summed E-state index contributed by atoms with van der Waals surface area (Å²) in [5, 5.41) is 9.54. The third-order valence-electron chi connectivity index (χ3n) is 3.13. The maximum absolute atomic E-state index is 11.6. The van der Waals surface area contributed by atoms with Crippen molar-refractivity contribution in [2.75, 3.05) is 0 Å². The Morgan fingerprint density at radius 3 is 1.56 bits per heavy atom. The van der Waals surface area contributed by atoms with Gasteiger partial charge in [0.2, 0.25) is 0 Å². The molecule has 0 atom stereocenters. The van der Waals surface area contributed by atoms with Gasteiger partial charge in [0.05, 0.1) is 0 Å². The average molecular weight is 266 g/mol. The Kier molecular flexibility index (Phi) is 5.75. The third-order valence-corrected chi connectivity index (χ3v) is 3.13. The van der Waals surface area contributed by atoms with Crippen molar-refractivity contribution in [1.82, 2.24) is 0 Å². The number of aliphatic carboxylic acids is 1. The molecule has 0 aliphatic heterocycles. The molecule has 0 aromatic heterocycles. The van der Waals surface area contributed by atoms with Crippen molar-refractivity contribution in [3.05, 3.63) is 71.8 Å². The predicted octanol–water partition coefficient (Wildman–Crippen LogP) is 0.194. The molecule has 0 spiro atoms. The van der Waals surface area contributed by atoms with Crippen molar-refractivity contribution >= 4 is 5.97 Å². The molecule has 18 heavy (non-hydrogen) atoms. The van der Waals surface area contributed by atoms with Gasteiger partial charge in [-0.15, -0.1) is 0 Å². The van der Waals surface area contributed by atoms with Crippen molar-refractivity contribution in [2.24, 2.45) is 0 Å². The van der Waals surface area contributed by atoms with Gasteiger partial charge in [-0.05, 0) is 18.1 Å². The van der Waals surface area contributed by atoms with Gasteiger partial charge in [-0.25, -0.2) is 0 Å². The van der Waals surface area contributed by atoms with Gasteiger partial charge in [0, 0.05) is 0 Å². The second-order valence-electron chi connectivity index (χ2n) is 4.16. The second-order valence-corrected chi connectivity index (χ2v) is 4.16. The van der Waals surface area contributed by atoms with E-state index in [1.54, 1.807) is 6.92 Å². The first kappa shape index (κ1) is 15.6. The molecule has 2 rings (SSSR count). The Hall–Kier alpha value is -0.454. The molecule has 0 unspecified atom stereocenters. The van der Waals surface area contributed by atoms with Crippen molar-refractivity contribution < 1.29 is 62.7 Å². The minimum atomic E-state index is -0.998. The molecule has 0 aliphatic rings. The third kappa shape index (κ3) is 2.92. The predicted molar refractivity (Wildman–Crippen MR) is 68.1 cm³/mol. The van der Waals surface area contributed by atoms with Crippen molar-refractivity contribution in [2.45, 2.75) is 12.3 Å². The molecule has 0 heterocycles. The summed E-state index contributed by atoms with van der Waals surface area (Å²) >= 11 is 0. The van der Waals surface area contributed by atoms with Crippen LogP contribution in [0.1, 0.15) is 19.5 Å². The first-order valence-electron chi connectivity index (χ1n) is 5.50. The molecule has 88 valence electrons. The molecule has 1 N–H and O–H groups in total. The molecule has 3 heteroatoms. The van der Waals surface area contributed by atoms with Gasteiger partial charge in [-0.2, -0.15) is 0 Å². The summed E-state index contributed by atoms with van der Waals surface area (Å²) in [4.78, 5) is 11.6. The molecule has 0 saturated heterocycles. The van der Waals surface area contributed by atoms with Crippen LogP contribution >= 0.6 is 0 Å². The van der Waals surface area contributed by atoms with Crippen LogP contribution in [0.2, 0.25) is 0 Å². The van der Waals surface area contributed by atoms with Crippen LogP contribution in [-0.4, -0.2) is 11.1 Å². The number of hydrogen-bond acceptors (Lipinski definition) is 1. The maximum atomic E-state index is 11.6. The van der Waals surface area contributed by atoms with Gasteiger partial charge in [-0.3, -0.25) is 4.79 Å². The number of carboxylic acid groups (broad SMARTS) is 1. The molecule has 0 bridgehead atoms. The minimum absolute atomic E-state index is 0. The van der Waals surface area contributed by atoms with E-state index < -0.39 is 11.4 Å². The molecule has 0 radical (unpaired) electrons. The zero-order valence-electron chi connectivity index (χ0n) is 11.6. The topological polar surface area (TPSA) is 37.3 Å². The Balaban J connectivity index is 0.00000162. The zero-order chi connectivity index (χ0) is 12.3. The molecular weight excluding hydrogens is 251 g/mol. The van der Waals surface area contributed by atoms with Gasteiger partial charge < -0.3 is 6.53 Å². The first-order valence-corrected chi connectivity index (χ1v) is 5.50. The maximum Gasteiger partial charge on any atom is 1.00 e. The van der Waals surface area contributed by atoms with E-state index in [1.807, 2.05) is 60.7 Å². The van der Waals surface area contributed by atoms with E-state index >= 15 is 0 Å². The van der Waals surface area contributed by atoms with E-state index in [2.05, 4.69) is 0 Å². The van der Waals surface area contributed by atoms with Gasteiger partial charge in [0.1, 0.15) is 5.41 Å². The van der Waals surface area contributed by atoms with Crippen molar-refractivity contribution in [3.8, 4) is 0 Å². The smallest absolute Gasteiger partial charge is 1.00 e. The second kappa shape index (κ2) is 6.64. The van der Waals surface area contributed by atoms with Crippen LogP contribution in [0.25, 0.3) is 0 Å². The van der Waals surface area contributed by atoms with Crippen LogP contribution in [0.4, 0.5) is 0 Å². The largest absolute Gasteiger partial charge is 1.00 e. The summed E-state index contributed by atoms with van der Waals surface area (Å²) in [6.07, 6.45) is 0. The summed E-state index contributed by atoms with van der Waals surface area (Å²) in [6.45, 7) is 1.74. The summed E-state index contributed by atoms with van der Waals surface area (Å²) in [6, 6.07) is 18.6. The van der Waals surface area contributed by atoms with Crippen LogP contribution in [0.15, 0.2) is 60.7 Å². The van der Waals surface area contributed by atoms with Crippen LogP contribution in [0, 0.1) is 0 Å². The monoisotopic (exact) mass is 266 g/mol. The Morgan fingerprint density at radius 2 is 1.28 bits per heavy atom. The summed E-state index contributed by atoms with van der Waals surface area (Å²) in [7, 11) is 0. The van der Waals surface area contributed by atoms with Crippen LogP contribution in [0.3, 0.4) is 0 Å². The van der Waals surface area contributed by atoms with Gasteiger partial charge in [0.15, 0.2) is 0 Å². The molecule has 0 amide bonds. The molecule has 0 aliphatic carbocycles. The fourth-order valence-corrected chi connectivity index (χ4v) is 1.96. The summed E-state index contributed by atoms with van der Waals surface area (Å²) < 4.78 is 0. The Labute approximate surface area is 151 Å². The van der Waals surface area contributed by atoms with E-state index in [-0.39, 0.29) is 52.8 Å². The minimum Gasteiger partial charge on any atom is -1.00 e. The van der Waals surface area contributed by atoms with Crippen LogP contribution in [-0.2, 0) is 10.2 Å². The van der Waals surface area contributed by atoms with E-state index in [0.717, 1.165) is 11.1 Å². The number of rotatable bonds is 3. The van der Waals surface area contributed by atoms with E-state index in [1.165, 1.54) is 0 Å². The number of hydrogen-bond donors (Lipinski definition) is 1. The first-order chi connectivity index (χ1) is 8.15. The fourth-order valence-electron chi connectivity index (χ4n) is 1.96. The van der Waals surface area contributed by atoms with Crippen molar-refractivity contribution in [1.29, 1.82) is 0 Å². The summed E-state index contributed by atoms with van der Waals surface area (Å²) in [5.41, 5.74) is 0.583. The fraction of sp³-hybridized carbons (Fsp3) is 0.133. The average Bonchev–Trinajstić information content (AvgIpc) is 2.39. The zero-order valence-corrected chi connectivity index (χ0v) is 13.8. The normalized spacial score (nSPS) is 10.5. The van der Waals surface area contributed by atoms with Gasteiger partial charge >= 0.3 is 57.4 Å². The molecule has 2 aromatic carbocycles. The Bertz CT molecular complexity index is 475. The van der Waals surface area contributed by atoms with E-state index in [0.29, 0.717) is 0 Å². The number of carbonyl (C=O) groups is 1.